The predicted molar refractivity (Wildman–Crippen MR) is 126 cm³/mol. The van der Waals surface area contributed by atoms with Crippen LogP contribution in [-0.2, 0) is 32.3 Å². The van der Waals surface area contributed by atoms with Crippen molar-refractivity contribution in [2.24, 2.45) is 17.8 Å². The molecule has 3 aliphatic carbocycles. The van der Waals surface area contributed by atoms with E-state index in [0.717, 1.165) is 10.5 Å². The maximum Gasteiger partial charge on any atom is 0.234 e. The second-order valence-corrected chi connectivity index (χ2v) is 10.6. The van der Waals surface area contributed by atoms with Crippen LogP contribution in [-0.4, -0.2) is 33.4 Å². The van der Waals surface area contributed by atoms with E-state index in [1.807, 2.05) is 23.6 Å². The van der Waals surface area contributed by atoms with Gasteiger partial charge in [-0.25, -0.2) is 0 Å². The van der Waals surface area contributed by atoms with Crippen LogP contribution >= 0.6 is 11.3 Å². The summed E-state index contributed by atoms with van der Waals surface area (Å²) in [4.78, 5) is 55.6. The summed E-state index contributed by atoms with van der Waals surface area (Å²) < 4.78 is 5.87. The Morgan fingerprint density at radius 2 is 1.94 bits per heavy atom. The number of likely N-dealkylation sites (tertiary alicyclic amines) is 1. The molecule has 2 amide bonds. The summed E-state index contributed by atoms with van der Waals surface area (Å²) in [6, 6.07) is 7.16. The first-order valence-corrected chi connectivity index (χ1v) is 12.5. The number of hydrogen-bond acceptors (Lipinski definition) is 7. The Morgan fingerprint density at radius 3 is 2.66 bits per heavy atom. The van der Waals surface area contributed by atoms with Crippen LogP contribution in [0, 0.1) is 17.8 Å². The molecular formula is C27H23NO6S. The highest BCUT2D eigenvalue weighted by atomic mass is 32.1. The molecule has 0 bridgehead atoms. The lowest BCUT2D eigenvalue weighted by Gasteiger charge is -2.41. The number of allylic oxidation sites excluding steroid dienone is 6. The van der Waals surface area contributed by atoms with E-state index in [0.29, 0.717) is 34.7 Å². The van der Waals surface area contributed by atoms with Gasteiger partial charge in [0.15, 0.2) is 11.6 Å². The average molecular weight is 490 g/mol. The molecule has 35 heavy (non-hydrogen) atoms. The highest BCUT2D eigenvalue weighted by Gasteiger charge is 2.56. The van der Waals surface area contributed by atoms with Crippen LogP contribution in [0.3, 0.4) is 0 Å². The van der Waals surface area contributed by atoms with Crippen LogP contribution in [0.25, 0.3) is 0 Å². The number of fused-ring (bicyclic) bond motifs is 3. The second-order valence-electron chi connectivity index (χ2n) is 9.53. The molecule has 178 valence electrons. The summed E-state index contributed by atoms with van der Waals surface area (Å²) in [5.74, 6) is -2.09. The van der Waals surface area contributed by atoms with Crippen molar-refractivity contribution in [1.82, 2.24) is 4.90 Å². The van der Waals surface area contributed by atoms with E-state index in [-0.39, 0.29) is 48.9 Å². The fourth-order valence-corrected chi connectivity index (χ4v) is 6.79. The monoisotopic (exact) mass is 489 g/mol. The number of hydrogen-bond donors (Lipinski definition) is 1. The number of Topliss-reactive ketones (excluding diaryl/α,β-unsaturated/α-hetero) is 1. The van der Waals surface area contributed by atoms with Crippen molar-refractivity contribution in [3.05, 3.63) is 80.5 Å². The fraction of sp³-hybridized carbons (Fsp3) is 0.333. The minimum atomic E-state index is -0.626. The molecule has 8 heteroatoms. The van der Waals surface area contributed by atoms with Crippen LogP contribution in [0.4, 0.5) is 0 Å². The minimum Gasteiger partial charge on any atom is -0.463 e. The topological polar surface area (TPSA) is 105 Å². The number of amides is 2. The van der Waals surface area contributed by atoms with Gasteiger partial charge in [0, 0.05) is 21.6 Å². The zero-order valence-corrected chi connectivity index (χ0v) is 19.8. The third-order valence-corrected chi connectivity index (χ3v) is 8.53. The summed E-state index contributed by atoms with van der Waals surface area (Å²) in [7, 11) is 0. The molecule has 2 aromatic rings. The van der Waals surface area contributed by atoms with Crippen molar-refractivity contribution >= 4 is 34.7 Å². The zero-order chi connectivity index (χ0) is 24.4. The van der Waals surface area contributed by atoms with Crippen LogP contribution in [0.5, 0.6) is 0 Å². The first kappa shape index (κ1) is 22.1. The van der Waals surface area contributed by atoms with Gasteiger partial charge in [-0.3, -0.25) is 24.1 Å². The van der Waals surface area contributed by atoms with Crippen LogP contribution < -0.4 is 0 Å². The Morgan fingerprint density at radius 1 is 1.11 bits per heavy atom. The van der Waals surface area contributed by atoms with Crippen molar-refractivity contribution in [3.8, 4) is 0 Å². The molecule has 1 aliphatic heterocycles. The summed E-state index contributed by atoms with van der Waals surface area (Å²) in [6.07, 6.45) is 3.96. The molecule has 3 heterocycles. The van der Waals surface area contributed by atoms with E-state index >= 15 is 0 Å². The van der Waals surface area contributed by atoms with Gasteiger partial charge in [-0.1, -0.05) is 17.7 Å². The first-order chi connectivity index (χ1) is 16.9. The summed E-state index contributed by atoms with van der Waals surface area (Å²) in [6.45, 7) is 1.59. The van der Waals surface area contributed by atoms with Gasteiger partial charge in [-0.15, -0.1) is 11.3 Å². The number of ketones is 2. The quantitative estimate of drug-likeness (QED) is 0.401. The summed E-state index contributed by atoms with van der Waals surface area (Å²) >= 11 is 1.50. The molecule has 0 saturated carbocycles. The molecule has 7 nitrogen and oxygen atoms in total. The molecule has 1 saturated heterocycles. The number of aliphatic hydroxyl groups excluding tert-OH is 1. The highest BCUT2D eigenvalue weighted by Crippen LogP contribution is 2.55. The smallest absolute Gasteiger partial charge is 0.234 e. The SMILES string of the molecule is CC1=CC(=O)C2=C(C1=O)C(c1ccc(CO)o1)C1=CCC3C(=O)N(Cc4cccs4)C(=O)C3C1C2. The highest BCUT2D eigenvalue weighted by molar-refractivity contribution is 7.09. The summed E-state index contributed by atoms with van der Waals surface area (Å²) in [5.41, 5.74) is 2.00. The van der Waals surface area contributed by atoms with Crippen molar-refractivity contribution in [1.29, 1.82) is 0 Å². The Hall–Kier alpha value is -3.36. The van der Waals surface area contributed by atoms with Crippen LogP contribution in [0.1, 0.15) is 42.1 Å². The van der Waals surface area contributed by atoms with Gasteiger partial charge in [-0.2, -0.15) is 0 Å². The molecule has 2 aromatic heterocycles. The number of rotatable bonds is 4. The van der Waals surface area contributed by atoms with Gasteiger partial charge in [0.1, 0.15) is 18.1 Å². The molecule has 1 N–H and O–H groups in total. The van der Waals surface area contributed by atoms with Gasteiger partial charge in [0.25, 0.3) is 0 Å². The molecule has 4 aliphatic rings. The molecule has 4 unspecified atom stereocenters. The van der Waals surface area contributed by atoms with E-state index < -0.39 is 17.8 Å². The third kappa shape index (κ3) is 3.27. The second kappa shape index (κ2) is 8.10. The van der Waals surface area contributed by atoms with E-state index in [1.165, 1.54) is 22.3 Å². The van der Waals surface area contributed by atoms with Crippen LogP contribution in [0.15, 0.2) is 68.5 Å². The van der Waals surface area contributed by atoms with Gasteiger partial charge in [0.2, 0.25) is 11.8 Å². The number of nitrogens with zero attached hydrogens (tertiary/aromatic N) is 1. The number of thiophene rings is 1. The number of carbonyl (C=O) groups is 4. The van der Waals surface area contributed by atoms with E-state index in [4.69, 9.17) is 4.42 Å². The van der Waals surface area contributed by atoms with Crippen molar-refractivity contribution in [2.75, 3.05) is 0 Å². The Kier molecular flexibility index (Phi) is 5.12. The number of furan rings is 1. The molecule has 1 fully saturated rings. The molecule has 4 atom stereocenters. The average Bonchev–Trinajstić information content (AvgIpc) is 3.59. The number of aliphatic hydroxyl groups is 1. The maximum atomic E-state index is 13.6. The third-order valence-electron chi connectivity index (χ3n) is 7.67. The predicted octanol–water partition coefficient (Wildman–Crippen LogP) is 3.46. The standard InChI is InChI=1S/C27H23NO6S/c1-13-9-20(30)19-10-18-16(23(24(19)25(13)31)21-7-4-14(12-29)34-21)5-6-17-22(18)27(33)28(26(17)32)11-15-3-2-8-35-15/h2-5,7-9,17-18,22-23,29H,6,10-12H2,1H3. The van der Waals surface area contributed by atoms with Gasteiger partial charge >= 0.3 is 0 Å². The summed E-state index contributed by atoms with van der Waals surface area (Å²) in [5, 5.41) is 11.4. The Balaban J connectivity index is 1.44. The Bertz CT molecular complexity index is 1370. The number of carbonyl (C=O) groups excluding carboxylic acids is 4. The van der Waals surface area contributed by atoms with E-state index in [2.05, 4.69) is 0 Å². The lowest BCUT2D eigenvalue weighted by atomic mass is 9.60. The van der Waals surface area contributed by atoms with Crippen molar-refractivity contribution < 1.29 is 28.7 Å². The lowest BCUT2D eigenvalue weighted by Crippen LogP contribution is -2.39. The normalized spacial score (nSPS) is 28.1. The molecule has 0 aromatic carbocycles. The first-order valence-electron chi connectivity index (χ1n) is 11.7. The Labute approximate surface area is 205 Å². The van der Waals surface area contributed by atoms with Crippen LogP contribution in [0.2, 0.25) is 0 Å². The largest absolute Gasteiger partial charge is 0.463 e. The lowest BCUT2D eigenvalue weighted by molar-refractivity contribution is -0.140. The maximum absolute atomic E-state index is 13.6. The molecule has 0 radical (unpaired) electrons. The van der Waals surface area contributed by atoms with Gasteiger partial charge < -0.3 is 9.52 Å². The molecule has 0 spiro atoms. The fourth-order valence-electron chi connectivity index (χ4n) is 6.10. The minimum absolute atomic E-state index is 0.178. The van der Waals surface area contributed by atoms with Gasteiger partial charge in [-0.05, 0) is 55.3 Å². The number of imide groups is 1. The zero-order valence-electron chi connectivity index (χ0n) is 19.0. The van der Waals surface area contributed by atoms with Crippen molar-refractivity contribution in [2.45, 2.75) is 38.8 Å². The molecule has 6 rings (SSSR count). The van der Waals surface area contributed by atoms with E-state index in [9.17, 15) is 24.3 Å². The van der Waals surface area contributed by atoms with Gasteiger partial charge in [0.05, 0.1) is 24.3 Å². The van der Waals surface area contributed by atoms with Crippen molar-refractivity contribution in [3.63, 3.8) is 0 Å². The molecular weight excluding hydrogens is 466 g/mol. The van der Waals surface area contributed by atoms with E-state index in [1.54, 1.807) is 19.1 Å².